The summed E-state index contributed by atoms with van der Waals surface area (Å²) in [4.78, 5) is 12.2. The quantitative estimate of drug-likeness (QED) is 0.788. The minimum absolute atomic E-state index is 0.0128. The molecule has 0 saturated heterocycles. The predicted molar refractivity (Wildman–Crippen MR) is 54.0 cm³/mol. The number of hydrogen-bond acceptors (Lipinski definition) is 3. The lowest BCUT2D eigenvalue weighted by Gasteiger charge is -2.12. The topological polar surface area (TPSA) is 42.0 Å². The van der Waals surface area contributed by atoms with Gasteiger partial charge in [0.2, 0.25) is 5.91 Å². The van der Waals surface area contributed by atoms with Crippen LogP contribution in [0.15, 0.2) is 12.3 Å². The summed E-state index contributed by atoms with van der Waals surface area (Å²) in [5.74, 6) is -0.150. The third-order valence-electron chi connectivity index (χ3n) is 1.60. The summed E-state index contributed by atoms with van der Waals surface area (Å²) in [6.45, 7) is 3.56. The highest BCUT2D eigenvalue weighted by atomic mass is 35.5. The standard InChI is InChI=1S/C8H11ClN2OS/c1-5(9)8(12)11-6(2)7-3-4-10-13-7/h3-6H,1-2H3,(H,11,12). The molecule has 0 radical (unpaired) electrons. The van der Waals surface area contributed by atoms with Gasteiger partial charge in [0.15, 0.2) is 0 Å². The SMILES string of the molecule is CC(Cl)C(=O)NC(C)c1ccns1. The number of halogens is 1. The number of hydrogen-bond donors (Lipinski definition) is 1. The summed E-state index contributed by atoms with van der Waals surface area (Å²) in [5.41, 5.74) is 0. The van der Waals surface area contributed by atoms with Gasteiger partial charge in [-0.15, -0.1) is 11.6 Å². The van der Waals surface area contributed by atoms with Gasteiger partial charge in [0.1, 0.15) is 5.38 Å². The molecule has 1 heterocycles. The lowest BCUT2D eigenvalue weighted by molar-refractivity contribution is -0.121. The van der Waals surface area contributed by atoms with Crippen LogP contribution in [0.3, 0.4) is 0 Å². The molecule has 5 heteroatoms. The Kier molecular flexibility index (Phi) is 3.69. The zero-order valence-electron chi connectivity index (χ0n) is 7.45. The Morgan fingerprint density at radius 2 is 2.38 bits per heavy atom. The van der Waals surface area contributed by atoms with E-state index in [1.807, 2.05) is 13.0 Å². The summed E-state index contributed by atoms with van der Waals surface area (Å²) in [7, 11) is 0. The molecule has 1 aromatic heterocycles. The van der Waals surface area contributed by atoms with E-state index in [1.54, 1.807) is 13.1 Å². The van der Waals surface area contributed by atoms with Gasteiger partial charge in [0.25, 0.3) is 0 Å². The Bertz CT molecular complexity index is 274. The molecule has 0 saturated carbocycles. The molecule has 1 rings (SSSR count). The highest BCUT2D eigenvalue weighted by Gasteiger charge is 2.14. The zero-order valence-corrected chi connectivity index (χ0v) is 9.02. The van der Waals surface area contributed by atoms with Crippen LogP contribution in [0.25, 0.3) is 0 Å². The number of nitrogens with one attached hydrogen (secondary N) is 1. The van der Waals surface area contributed by atoms with Crippen molar-refractivity contribution in [3.8, 4) is 0 Å². The largest absolute Gasteiger partial charge is 0.347 e. The number of nitrogens with zero attached hydrogens (tertiary/aromatic N) is 1. The second kappa shape index (κ2) is 4.58. The first-order valence-corrected chi connectivity index (χ1v) is 5.17. The summed E-state index contributed by atoms with van der Waals surface area (Å²) in [5, 5.41) is 2.29. The van der Waals surface area contributed by atoms with Crippen LogP contribution in [0, 0.1) is 0 Å². The molecule has 0 spiro atoms. The second-order valence-corrected chi connectivity index (χ2v) is 4.28. The highest BCUT2D eigenvalue weighted by Crippen LogP contribution is 2.15. The molecular weight excluding hydrogens is 208 g/mol. The maximum absolute atomic E-state index is 11.2. The fourth-order valence-corrected chi connectivity index (χ4v) is 1.49. The van der Waals surface area contributed by atoms with E-state index >= 15 is 0 Å². The third-order valence-corrected chi connectivity index (χ3v) is 2.73. The first kappa shape index (κ1) is 10.5. The van der Waals surface area contributed by atoms with Crippen molar-refractivity contribution in [2.75, 3.05) is 0 Å². The van der Waals surface area contributed by atoms with Crippen molar-refractivity contribution in [2.24, 2.45) is 0 Å². The highest BCUT2D eigenvalue weighted by molar-refractivity contribution is 7.05. The Morgan fingerprint density at radius 1 is 1.69 bits per heavy atom. The number of alkyl halides is 1. The number of amides is 1. The Morgan fingerprint density at radius 3 is 2.85 bits per heavy atom. The van der Waals surface area contributed by atoms with E-state index in [2.05, 4.69) is 9.69 Å². The first-order chi connectivity index (χ1) is 6.11. The predicted octanol–water partition coefficient (Wildman–Crippen LogP) is 1.95. The van der Waals surface area contributed by atoms with Crippen molar-refractivity contribution in [1.82, 2.24) is 9.69 Å². The van der Waals surface area contributed by atoms with Crippen molar-refractivity contribution in [3.05, 3.63) is 17.1 Å². The van der Waals surface area contributed by atoms with Crippen molar-refractivity contribution < 1.29 is 4.79 Å². The molecule has 2 unspecified atom stereocenters. The average molecular weight is 219 g/mol. The summed E-state index contributed by atoms with van der Waals surface area (Å²) in [6, 6.07) is 1.87. The van der Waals surface area contributed by atoms with Crippen LogP contribution < -0.4 is 5.32 Å². The molecular formula is C8H11ClN2OS. The van der Waals surface area contributed by atoms with Crippen molar-refractivity contribution in [3.63, 3.8) is 0 Å². The Hall–Kier alpha value is -0.610. The molecule has 1 aromatic rings. The summed E-state index contributed by atoms with van der Waals surface area (Å²) < 4.78 is 3.95. The fourth-order valence-electron chi connectivity index (χ4n) is 0.848. The third kappa shape index (κ3) is 2.97. The molecule has 0 bridgehead atoms. The van der Waals surface area contributed by atoms with Gasteiger partial charge in [0.05, 0.1) is 6.04 Å². The van der Waals surface area contributed by atoms with Gasteiger partial charge in [-0.3, -0.25) is 4.79 Å². The van der Waals surface area contributed by atoms with E-state index in [0.717, 1.165) is 4.88 Å². The zero-order chi connectivity index (χ0) is 9.84. The number of aromatic nitrogens is 1. The minimum Gasteiger partial charge on any atom is -0.347 e. The maximum Gasteiger partial charge on any atom is 0.238 e. The van der Waals surface area contributed by atoms with Gasteiger partial charge in [-0.1, -0.05) is 0 Å². The fraction of sp³-hybridized carbons (Fsp3) is 0.500. The number of rotatable bonds is 3. The van der Waals surface area contributed by atoms with E-state index < -0.39 is 5.38 Å². The lowest BCUT2D eigenvalue weighted by atomic mass is 10.2. The van der Waals surface area contributed by atoms with Crippen molar-refractivity contribution in [2.45, 2.75) is 25.3 Å². The smallest absolute Gasteiger partial charge is 0.238 e. The van der Waals surface area contributed by atoms with Gasteiger partial charge in [0, 0.05) is 11.1 Å². The van der Waals surface area contributed by atoms with Crippen LogP contribution in [0.4, 0.5) is 0 Å². The first-order valence-electron chi connectivity index (χ1n) is 3.96. The van der Waals surface area contributed by atoms with E-state index in [1.165, 1.54) is 11.5 Å². The Labute approximate surface area is 86.3 Å². The number of carbonyl (C=O) groups excluding carboxylic acids is 1. The minimum atomic E-state index is -0.490. The summed E-state index contributed by atoms with van der Waals surface area (Å²) in [6.07, 6.45) is 1.72. The second-order valence-electron chi connectivity index (χ2n) is 2.76. The van der Waals surface area contributed by atoms with Gasteiger partial charge in [-0.2, -0.15) is 0 Å². The van der Waals surface area contributed by atoms with Crippen LogP contribution in [0.2, 0.25) is 0 Å². The van der Waals surface area contributed by atoms with Gasteiger partial charge in [-0.05, 0) is 31.4 Å². The molecule has 2 atom stereocenters. The van der Waals surface area contributed by atoms with Crippen LogP contribution in [0.1, 0.15) is 24.8 Å². The van der Waals surface area contributed by atoms with Crippen molar-refractivity contribution >= 4 is 29.0 Å². The molecule has 1 N–H and O–H groups in total. The van der Waals surface area contributed by atoms with E-state index in [4.69, 9.17) is 11.6 Å². The van der Waals surface area contributed by atoms with Crippen LogP contribution in [0.5, 0.6) is 0 Å². The lowest BCUT2D eigenvalue weighted by Crippen LogP contribution is -2.31. The molecule has 0 aliphatic heterocycles. The van der Waals surface area contributed by atoms with Crippen molar-refractivity contribution in [1.29, 1.82) is 0 Å². The van der Waals surface area contributed by atoms with E-state index in [9.17, 15) is 4.79 Å². The van der Waals surface area contributed by atoms with Gasteiger partial charge in [-0.25, -0.2) is 4.37 Å². The molecule has 0 fully saturated rings. The molecule has 3 nitrogen and oxygen atoms in total. The molecule has 72 valence electrons. The summed E-state index contributed by atoms with van der Waals surface area (Å²) >= 11 is 6.99. The van der Waals surface area contributed by atoms with Gasteiger partial charge < -0.3 is 5.32 Å². The average Bonchev–Trinajstić information content (AvgIpc) is 2.55. The van der Waals surface area contributed by atoms with Crippen LogP contribution in [-0.4, -0.2) is 15.7 Å². The van der Waals surface area contributed by atoms with E-state index in [0.29, 0.717) is 0 Å². The van der Waals surface area contributed by atoms with Crippen LogP contribution >= 0.6 is 23.1 Å². The normalized spacial score (nSPS) is 15.0. The molecule has 13 heavy (non-hydrogen) atoms. The molecule has 0 aromatic carbocycles. The van der Waals surface area contributed by atoms with E-state index in [-0.39, 0.29) is 11.9 Å². The number of carbonyl (C=O) groups is 1. The van der Waals surface area contributed by atoms with Crippen LogP contribution in [-0.2, 0) is 4.79 Å². The molecule has 0 aliphatic rings. The maximum atomic E-state index is 11.2. The molecule has 1 amide bonds. The molecule has 0 aliphatic carbocycles. The van der Waals surface area contributed by atoms with Gasteiger partial charge >= 0.3 is 0 Å². The Balaban J connectivity index is 2.51. The monoisotopic (exact) mass is 218 g/mol.